The van der Waals surface area contributed by atoms with Crippen molar-refractivity contribution in [2.75, 3.05) is 25.1 Å². The zero-order valence-electron chi connectivity index (χ0n) is 15.8. The van der Waals surface area contributed by atoms with E-state index in [4.69, 9.17) is 0 Å². The Hall–Kier alpha value is -2.05. The molecule has 0 bridgehead atoms. The molecule has 0 aromatic carbocycles. The largest absolute Gasteiger partial charge is 0.324 e. The topological polar surface area (TPSA) is 70.5 Å². The van der Waals surface area contributed by atoms with Gasteiger partial charge in [0.1, 0.15) is 12.4 Å². The van der Waals surface area contributed by atoms with E-state index >= 15 is 0 Å². The van der Waals surface area contributed by atoms with Crippen LogP contribution in [0.3, 0.4) is 0 Å². The second-order valence-corrected chi connectivity index (χ2v) is 8.27. The van der Waals surface area contributed by atoms with Crippen molar-refractivity contribution in [3.63, 3.8) is 0 Å². The molecular formula is C17H29N5O2. The van der Waals surface area contributed by atoms with Crippen LogP contribution in [-0.4, -0.2) is 51.3 Å². The molecule has 7 nitrogen and oxygen atoms in total. The zero-order valence-corrected chi connectivity index (χ0v) is 15.8. The minimum Gasteiger partial charge on any atom is -0.324 e. The molecule has 0 saturated carbocycles. The number of carbonyl (C=O) groups excluding carboxylic acids is 2. The average Bonchev–Trinajstić information content (AvgIpc) is 3.01. The standard InChI is InChI=1S/C17H29N5O2/c1-8-20-11-21(10-14(20)23)15(24)18-13-9-12(16(2,3)4)19-22(13)17(5,6)7/h9H,8,10-11H2,1-7H3,(H,18,24). The lowest BCUT2D eigenvalue weighted by molar-refractivity contribution is -0.126. The van der Waals surface area contributed by atoms with Crippen LogP contribution >= 0.6 is 0 Å². The van der Waals surface area contributed by atoms with Crippen molar-refractivity contribution in [3.8, 4) is 0 Å². The van der Waals surface area contributed by atoms with Crippen molar-refractivity contribution < 1.29 is 9.59 Å². The van der Waals surface area contributed by atoms with Gasteiger partial charge in [0.2, 0.25) is 5.91 Å². The average molecular weight is 335 g/mol. The van der Waals surface area contributed by atoms with Crippen molar-refractivity contribution in [2.45, 2.75) is 59.4 Å². The first-order valence-electron chi connectivity index (χ1n) is 8.38. The SMILES string of the molecule is CCN1CN(C(=O)Nc2cc(C(C)(C)C)nn2C(C)(C)C)CC1=O. The molecule has 1 aliphatic rings. The molecule has 0 unspecified atom stereocenters. The molecule has 1 aromatic heterocycles. The lowest BCUT2D eigenvalue weighted by Crippen LogP contribution is -2.36. The number of hydrogen-bond donors (Lipinski definition) is 1. The Morgan fingerprint density at radius 2 is 1.88 bits per heavy atom. The van der Waals surface area contributed by atoms with E-state index in [9.17, 15) is 9.59 Å². The van der Waals surface area contributed by atoms with Crippen molar-refractivity contribution in [3.05, 3.63) is 11.8 Å². The normalized spacial score (nSPS) is 16.0. The molecule has 24 heavy (non-hydrogen) atoms. The number of aromatic nitrogens is 2. The van der Waals surface area contributed by atoms with E-state index in [2.05, 4.69) is 31.2 Å². The van der Waals surface area contributed by atoms with Crippen LogP contribution in [0.1, 0.15) is 54.2 Å². The van der Waals surface area contributed by atoms with Crippen LogP contribution in [0.5, 0.6) is 0 Å². The van der Waals surface area contributed by atoms with Crippen LogP contribution in [0.2, 0.25) is 0 Å². The third kappa shape index (κ3) is 3.71. The second-order valence-electron chi connectivity index (χ2n) is 8.27. The fraction of sp³-hybridized carbons (Fsp3) is 0.706. The fourth-order valence-electron chi connectivity index (χ4n) is 2.55. The summed E-state index contributed by atoms with van der Waals surface area (Å²) in [6.45, 7) is 15.4. The molecule has 7 heteroatoms. The molecule has 1 fully saturated rings. The van der Waals surface area contributed by atoms with Gasteiger partial charge in [0.05, 0.1) is 17.9 Å². The Morgan fingerprint density at radius 3 is 2.33 bits per heavy atom. The van der Waals surface area contributed by atoms with Gasteiger partial charge in [-0.1, -0.05) is 20.8 Å². The van der Waals surface area contributed by atoms with Crippen LogP contribution in [0.25, 0.3) is 0 Å². The number of likely N-dealkylation sites (N-methyl/N-ethyl adjacent to an activating group) is 1. The number of carbonyl (C=O) groups is 2. The molecular weight excluding hydrogens is 306 g/mol. The number of hydrogen-bond acceptors (Lipinski definition) is 3. The van der Waals surface area contributed by atoms with E-state index in [0.717, 1.165) is 5.69 Å². The van der Waals surface area contributed by atoms with Crippen molar-refractivity contribution >= 4 is 17.8 Å². The molecule has 0 atom stereocenters. The molecule has 1 saturated heterocycles. The number of rotatable bonds is 2. The monoisotopic (exact) mass is 335 g/mol. The summed E-state index contributed by atoms with van der Waals surface area (Å²) in [5, 5.41) is 7.61. The molecule has 134 valence electrons. The van der Waals surface area contributed by atoms with Crippen LogP contribution in [0.15, 0.2) is 6.07 Å². The van der Waals surface area contributed by atoms with Crippen molar-refractivity contribution in [2.24, 2.45) is 0 Å². The third-order valence-corrected chi connectivity index (χ3v) is 4.04. The summed E-state index contributed by atoms with van der Waals surface area (Å²) < 4.78 is 1.83. The minimum absolute atomic E-state index is 0.0210. The van der Waals surface area contributed by atoms with Gasteiger partial charge in [0, 0.05) is 18.0 Å². The molecule has 2 heterocycles. The van der Waals surface area contributed by atoms with E-state index in [-0.39, 0.29) is 29.4 Å². The predicted octanol–water partition coefficient (Wildman–Crippen LogP) is 2.59. The minimum atomic E-state index is -0.273. The van der Waals surface area contributed by atoms with Gasteiger partial charge in [-0.05, 0) is 27.7 Å². The highest BCUT2D eigenvalue weighted by molar-refractivity contribution is 5.93. The summed E-state index contributed by atoms with van der Waals surface area (Å²) in [6, 6.07) is 1.64. The maximum Gasteiger partial charge on any atom is 0.324 e. The highest BCUT2D eigenvalue weighted by Gasteiger charge is 2.31. The quantitative estimate of drug-likeness (QED) is 0.903. The number of urea groups is 1. The molecule has 1 aromatic rings. The Labute approximate surface area is 144 Å². The Morgan fingerprint density at radius 1 is 1.25 bits per heavy atom. The molecule has 3 amide bonds. The number of nitrogens with one attached hydrogen (secondary N) is 1. The molecule has 2 rings (SSSR count). The Bertz CT molecular complexity index is 636. The molecule has 0 aliphatic carbocycles. The Balaban J connectivity index is 2.24. The van der Waals surface area contributed by atoms with Gasteiger partial charge in [-0.25, -0.2) is 9.48 Å². The highest BCUT2D eigenvalue weighted by atomic mass is 16.2. The smallest absolute Gasteiger partial charge is 0.324 e. The second kappa shape index (κ2) is 6.11. The van der Waals surface area contributed by atoms with Crippen molar-refractivity contribution in [1.29, 1.82) is 0 Å². The van der Waals surface area contributed by atoms with E-state index in [0.29, 0.717) is 19.0 Å². The fourth-order valence-corrected chi connectivity index (χ4v) is 2.55. The lowest BCUT2D eigenvalue weighted by atomic mass is 9.92. The van der Waals surface area contributed by atoms with Gasteiger partial charge < -0.3 is 4.90 Å². The zero-order chi connectivity index (χ0) is 18.3. The van der Waals surface area contributed by atoms with Gasteiger partial charge in [0.15, 0.2) is 0 Å². The number of anilines is 1. The first-order valence-corrected chi connectivity index (χ1v) is 8.38. The lowest BCUT2D eigenvalue weighted by Gasteiger charge is -2.24. The molecule has 1 aliphatic heterocycles. The predicted molar refractivity (Wildman–Crippen MR) is 93.9 cm³/mol. The van der Waals surface area contributed by atoms with E-state index in [1.165, 1.54) is 4.90 Å². The molecule has 0 spiro atoms. The maximum atomic E-state index is 12.6. The van der Waals surface area contributed by atoms with Gasteiger partial charge >= 0.3 is 6.03 Å². The van der Waals surface area contributed by atoms with Crippen LogP contribution in [0, 0.1) is 0 Å². The molecule has 0 radical (unpaired) electrons. The summed E-state index contributed by atoms with van der Waals surface area (Å²) in [5.74, 6) is 0.632. The number of nitrogens with zero attached hydrogens (tertiary/aromatic N) is 4. The van der Waals surface area contributed by atoms with Gasteiger partial charge in [0.25, 0.3) is 0 Å². The highest BCUT2D eigenvalue weighted by Crippen LogP contribution is 2.28. The Kier molecular flexibility index (Phi) is 4.65. The van der Waals surface area contributed by atoms with Crippen molar-refractivity contribution in [1.82, 2.24) is 19.6 Å². The first kappa shape index (κ1) is 18.3. The summed E-state index contributed by atoms with van der Waals surface area (Å²) in [6.07, 6.45) is 0. The third-order valence-electron chi connectivity index (χ3n) is 4.04. The van der Waals surface area contributed by atoms with Crippen LogP contribution < -0.4 is 5.32 Å². The maximum absolute atomic E-state index is 12.6. The van der Waals surface area contributed by atoms with E-state index in [1.807, 2.05) is 38.4 Å². The summed E-state index contributed by atoms with van der Waals surface area (Å²) in [4.78, 5) is 27.5. The summed E-state index contributed by atoms with van der Waals surface area (Å²) in [7, 11) is 0. The van der Waals surface area contributed by atoms with Gasteiger partial charge in [-0.2, -0.15) is 5.10 Å². The summed E-state index contributed by atoms with van der Waals surface area (Å²) >= 11 is 0. The van der Waals surface area contributed by atoms with Gasteiger partial charge in [-0.3, -0.25) is 15.0 Å². The van der Waals surface area contributed by atoms with Gasteiger partial charge in [-0.15, -0.1) is 0 Å². The number of amides is 3. The first-order chi connectivity index (χ1) is 10.9. The molecule has 1 N–H and O–H groups in total. The van der Waals surface area contributed by atoms with Crippen LogP contribution in [0.4, 0.5) is 10.6 Å². The van der Waals surface area contributed by atoms with E-state index in [1.54, 1.807) is 4.90 Å². The van der Waals surface area contributed by atoms with E-state index < -0.39 is 0 Å². The summed E-state index contributed by atoms with van der Waals surface area (Å²) in [5.41, 5.74) is 0.543. The van der Waals surface area contributed by atoms with Crippen LogP contribution in [-0.2, 0) is 15.7 Å².